The Morgan fingerprint density at radius 3 is 2.78 bits per heavy atom. The fourth-order valence-corrected chi connectivity index (χ4v) is 1.89. The Morgan fingerprint density at radius 2 is 2.22 bits per heavy atom. The number of pyridine rings is 1. The summed E-state index contributed by atoms with van der Waals surface area (Å²) in [6.07, 6.45) is 1.00. The summed E-state index contributed by atoms with van der Waals surface area (Å²) in [4.78, 5) is 25.2. The fourth-order valence-electron chi connectivity index (χ4n) is 1.89. The molecule has 8 nitrogen and oxygen atoms in total. The molecule has 1 amide bonds. The highest BCUT2D eigenvalue weighted by Crippen LogP contribution is 2.21. The zero-order chi connectivity index (χ0) is 17.0. The third-order valence-corrected chi connectivity index (χ3v) is 3.03. The van der Waals surface area contributed by atoms with Crippen LogP contribution in [0.2, 0.25) is 0 Å². The Balaban J connectivity index is 2.21. The Morgan fingerprint density at radius 1 is 1.48 bits per heavy atom. The number of nitrogens with one attached hydrogen (secondary N) is 1. The molecule has 0 atom stereocenters. The van der Waals surface area contributed by atoms with Gasteiger partial charge in [-0.15, -0.1) is 0 Å². The summed E-state index contributed by atoms with van der Waals surface area (Å²) < 4.78 is 18.4. The highest BCUT2D eigenvalue weighted by Gasteiger charge is 2.16. The minimum atomic E-state index is -0.857. The SMILES string of the molecule is COc1ccc(CNc2ncc([N+](=O)[O-])cc2C(N)=O)cc1F. The van der Waals surface area contributed by atoms with Crippen LogP contribution >= 0.6 is 0 Å². The van der Waals surface area contributed by atoms with E-state index in [0.717, 1.165) is 12.3 Å². The number of halogens is 1. The predicted octanol–water partition coefficient (Wildman–Crippen LogP) is 1.85. The lowest BCUT2D eigenvalue weighted by Gasteiger charge is -2.10. The number of carbonyl (C=O) groups excluding carboxylic acids is 1. The number of carbonyl (C=O) groups is 1. The molecule has 2 rings (SSSR count). The molecule has 1 aromatic carbocycles. The number of methoxy groups -OCH3 is 1. The average molecular weight is 320 g/mol. The van der Waals surface area contributed by atoms with Crippen LogP contribution in [0.4, 0.5) is 15.9 Å². The maximum absolute atomic E-state index is 13.6. The highest BCUT2D eigenvalue weighted by molar-refractivity contribution is 5.98. The van der Waals surface area contributed by atoms with Crippen molar-refractivity contribution in [3.8, 4) is 5.75 Å². The second-order valence-electron chi connectivity index (χ2n) is 4.53. The van der Waals surface area contributed by atoms with Gasteiger partial charge in [-0.05, 0) is 17.7 Å². The fraction of sp³-hybridized carbons (Fsp3) is 0.143. The first kappa shape index (κ1) is 16.1. The normalized spacial score (nSPS) is 10.2. The van der Waals surface area contributed by atoms with Crippen LogP contribution in [0.5, 0.6) is 5.75 Å². The van der Waals surface area contributed by atoms with Crippen LogP contribution < -0.4 is 15.8 Å². The molecule has 0 unspecified atom stereocenters. The number of amides is 1. The molecule has 1 heterocycles. The average Bonchev–Trinajstić information content (AvgIpc) is 2.52. The molecule has 0 spiro atoms. The molecule has 0 aliphatic carbocycles. The molecule has 0 bridgehead atoms. The van der Waals surface area contributed by atoms with Gasteiger partial charge in [-0.1, -0.05) is 6.07 Å². The maximum Gasteiger partial charge on any atom is 0.288 e. The molecular weight excluding hydrogens is 307 g/mol. The van der Waals surface area contributed by atoms with Crippen molar-refractivity contribution in [2.24, 2.45) is 5.73 Å². The largest absolute Gasteiger partial charge is 0.494 e. The van der Waals surface area contributed by atoms with E-state index in [-0.39, 0.29) is 29.4 Å². The van der Waals surface area contributed by atoms with Crippen molar-refractivity contribution in [2.45, 2.75) is 6.54 Å². The van der Waals surface area contributed by atoms with E-state index >= 15 is 0 Å². The molecule has 0 aliphatic rings. The topological polar surface area (TPSA) is 120 Å². The molecule has 1 aromatic heterocycles. The smallest absolute Gasteiger partial charge is 0.288 e. The van der Waals surface area contributed by atoms with Gasteiger partial charge in [-0.2, -0.15) is 0 Å². The van der Waals surface area contributed by atoms with Gasteiger partial charge in [0.1, 0.15) is 12.0 Å². The van der Waals surface area contributed by atoms with Gasteiger partial charge in [0.15, 0.2) is 11.6 Å². The van der Waals surface area contributed by atoms with Gasteiger partial charge in [0.25, 0.3) is 11.6 Å². The number of hydrogen-bond acceptors (Lipinski definition) is 6. The van der Waals surface area contributed by atoms with E-state index in [1.807, 2.05) is 0 Å². The molecule has 0 saturated carbocycles. The van der Waals surface area contributed by atoms with Crippen LogP contribution in [0.25, 0.3) is 0 Å². The zero-order valence-corrected chi connectivity index (χ0v) is 12.1. The van der Waals surface area contributed by atoms with Crippen LogP contribution in [0.3, 0.4) is 0 Å². The molecule has 3 N–H and O–H groups in total. The quantitative estimate of drug-likeness (QED) is 0.619. The number of aromatic nitrogens is 1. The van der Waals surface area contributed by atoms with Crippen molar-refractivity contribution in [1.82, 2.24) is 4.98 Å². The summed E-state index contributed by atoms with van der Waals surface area (Å²) in [6, 6.07) is 5.39. The van der Waals surface area contributed by atoms with Gasteiger partial charge in [0.05, 0.1) is 17.6 Å². The van der Waals surface area contributed by atoms with Gasteiger partial charge in [0.2, 0.25) is 0 Å². The van der Waals surface area contributed by atoms with Crippen molar-refractivity contribution in [3.05, 3.63) is 57.5 Å². The lowest BCUT2D eigenvalue weighted by atomic mass is 10.2. The van der Waals surface area contributed by atoms with E-state index in [9.17, 15) is 19.3 Å². The van der Waals surface area contributed by atoms with Crippen LogP contribution in [-0.4, -0.2) is 22.9 Å². The molecule has 0 radical (unpaired) electrons. The first-order valence-corrected chi connectivity index (χ1v) is 6.43. The number of primary amides is 1. The summed E-state index contributed by atoms with van der Waals surface area (Å²) in [5, 5.41) is 13.5. The van der Waals surface area contributed by atoms with Gasteiger partial charge < -0.3 is 15.8 Å². The van der Waals surface area contributed by atoms with Crippen molar-refractivity contribution in [1.29, 1.82) is 0 Å². The number of nitro groups is 1. The van der Waals surface area contributed by atoms with E-state index in [2.05, 4.69) is 10.3 Å². The van der Waals surface area contributed by atoms with Crippen LogP contribution in [0, 0.1) is 15.9 Å². The lowest BCUT2D eigenvalue weighted by molar-refractivity contribution is -0.385. The van der Waals surface area contributed by atoms with Gasteiger partial charge in [0, 0.05) is 12.6 Å². The van der Waals surface area contributed by atoms with Crippen molar-refractivity contribution >= 4 is 17.4 Å². The number of anilines is 1. The first-order valence-electron chi connectivity index (χ1n) is 6.43. The molecule has 0 fully saturated rings. The van der Waals surface area contributed by atoms with Crippen LogP contribution in [0.15, 0.2) is 30.5 Å². The van der Waals surface area contributed by atoms with E-state index < -0.39 is 16.6 Å². The van der Waals surface area contributed by atoms with E-state index in [1.165, 1.54) is 19.2 Å². The Kier molecular flexibility index (Phi) is 4.69. The van der Waals surface area contributed by atoms with Crippen LogP contribution in [-0.2, 0) is 6.54 Å². The minimum Gasteiger partial charge on any atom is -0.494 e. The predicted molar refractivity (Wildman–Crippen MR) is 79.7 cm³/mol. The number of benzene rings is 1. The van der Waals surface area contributed by atoms with E-state index in [4.69, 9.17) is 10.5 Å². The Bertz CT molecular complexity index is 766. The lowest BCUT2D eigenvalue weighted by Crippen LogP contribution is -2.16. The number of hydrogen-bond donors (Lipinski definition) is 2. The summed E-state index contributed by atoms with van der Waals surface area (Å²) in [7, 11) is 1.36. The minimum absolute atomic E-state index is 0.0827. The van der Waals surface area contributed by atoms with Gasteiger partial charge >= 0.3 is 0 Å². The summed E-state index contributed by atoms with van der Waals surface area (Å²) in [5.41, 5.74) is 5.30. The third-order valence-electron chi connectivity index (χ3n) is 3.03. The van der Waals surface area contributed by atoms with E-state index in [1.54, 1.807) is 6.07 Å². The number of rotatable bonds is 6. The second kappa shape index (κ2) is 6.69. The summed E-state index contributed by atoms with van der Waals surface area (Å²) in [5.74, 6) is -1.19. The van der Waals surface area contributed by atoms with Gasteiger partial charge in [-0.25, -0.2) is 9.37 Å². The molecule has 23 heavy (non-hydrogen) atoms. The molecule has 2 aromatic rings. The number of nitrogens with two attached hydrogens (primary N) is 1. The van der Waals surface area contributed by atoms with Crippen molar-refractivity contribution < 1.29 is 18.8 Å². The van der Waals surface area contributed by atoms with Crippen molar-refractivity contribution in [2.75, 3.05) is 12.4 Å². The Labute approximate surface area is 130 Å². The van der Waals surface area contributed by atoms with Crippen LogP contribution in [0.1, 0.15) is 15.9 Å². The van der Waals surface area contributed by atoms with E-state index in [0.29, 0.717) is 5.56 Å². The second-order valence-corrected chi connectivity index (χ2v) is 4.53. The van der Waals surface area contributed by atoms with Gasteiger partial charge in [-0.3, -0.25) is 14.9 Å². The monoisotopic (exact) mass is 320 g/mol. The standard InChI is InChI=1S/C14H13FN4O4/c1-23-12-3-2-8(4-11(12)15)6-17-14-10(13(16)20)5-9(7-18-14)19(21)22/h2-5,7H,6H2,1H3,(H2,16,20)(H,17,18). The number of ether oxygens (including phenoxy) is 1. The van der Waals surface area contributed by atoms with Crippen molar-refractivity contribution in [3.63, 3.8) is 0 Å². The highest BCUT2D eigenvalue weighted by atomic mass is 19.1. The molecule has 0 aliphatic heterocycles. The number of nitrogens with zero attached hydrogens (tertiary/aromatic N) is 2. The molecule has 0 saturated heterocycles. The third kappa shape index (κ3) is 3.70. The maximum atomic E-state index is 13.6. The molecule has 120 valence electrons. The Hall–Kier alpha value is -3.23. The summed E-state index contributed by atoms with van der Waals surface area (Å²) >= 11 is 0. The molecular formula is C14H13FN4O4. The molecule has 9 heteroatoms. The zero-order valence-electron chi connectivity index (χ0n) is 12.1. The summed E-state index contributed by atoms with van der Waals surface area (Å²) in [6.45, 7) is 0.145. The first-order chi connectivity index (χ1) is 10.9.